The Labute approximate surface area is 124 Å². The van der Waals surface area contributed by atoms with Gasteiger partial charge in [-0.05, 0) is 24.6 Å². The summed E-state index contributed by atoms with van der Waals surface area (Å²) in [5.41, 5.74) is 1.10. The monoisotopic (exact) mass is 290 g/mol. The minimum atomic E-state index is -0.428. The third-order valence-corrected chi connectivity index (χ3v) is 3.51. The standard InChI is InChI=1S/C16H22N2O3/c1-3-4-5-6-9-17-11-7-8-12-13(10-11)18-16(20)15(21-2)14(12)19/h7-8,10,17H,3-6,9H2,1-2H3,(H2,18,19,20). The number of rotatable bonds is 7. The van der Waals surface area contributed by atoms with Crippen molar-refractivity contribution in [1.82, 2.24) is 4.98 Å². The average molecular weight is 290 g/mol. The maximum absolute atomic E-state index is 11.8. The maximum atomic E-state index is 11.8. The number of anilines is 1. The number of H-pyrrole nitrogens is 1. The fourth-order valence-electron chi connectivity index (χ4n) is 2.35. The van der Waals surface area contributed by atoms with Crippen LogP contribution in [0.1, 0.15) is 32.6 Å². The van der Waals surface area contributed by atoms with Crippen LogP contribution in [0.15, 0.2) is 23.0 Å². The van der Waals surface area contributed by atoms with E-state index < -0.39 is 5.56 Å². The van der Waals surface area contributed by atoms with Gasteiger partial charge in [-0.2, -0.15) is 0 Å². The minimum absolute atomic E-state index is 0.0530. The first kappa shape index (κ1) is 15.2. The van der Waals surface area contributed by atoms with Crippen molar-refractivity contribution in [3.05, 3.63) is 28.6 Å². The molecular weight excluding hydrogens is 268 g/mol. The van der Waals surface area contributed by atoms with E-state index in [9.17, 15) is 9.90 Å². The fraction of sp³-hybridized carbons (Fsp3) is 0.438. The molecule has 1 aromatic carbocycles. The number of ether oxygens (including phenoxy) is 1. The zero-order chi connectivity index (χ0) is 15.2. The molecule has 0 aliphatic rings. The third kappa shape index (κ3) is 3.48. The van der Waals surface area contributed by atoms with E-state index in [0.29, 0.717) is 10.9 Å². The number of aromatic hydroxyl groups is 1. The number of aromatic nitrogens is 1. The molecule has 0 aliphatic heterocycles. The van der Waals surface area contributed by atoms with Gasteiger partial charge in [-0.3, -0.25) is 4.79 Å². The topological polar surface area (TPSA) is 74.3 Å². The smallest absolute Gasteiger partial charge is 0.294 e. The number of nitrogens with one attached hydrogen (secondary N) is 2. The van der Waals surface area contributed by atoms with Crippen LogP contribution in [0.2, 0.25) is 0 Å². The predicted octanol–water partition coefficient (Wildman–Crippen LogP) is 3.23. The van der Waals surface area contributed by atoms with Gasteiger partial charge in [0.25, 0.3) is 5.56 Å². The Kier molecular flexibility index (Phi) is 5.09. The largest absolute Gasteiger partial charge is 0.504 e. The first-order valence-corrected chi connectivity index (χ1v) is 7.34. The van der Waals surface area contributed by atoms with E-state index in [1.165, 1.54) is 26.4 Å². The van der Waals surface area contributed by atoms with Gasteiger partial charge in [0.05, 0.1) is 12.6 Å². The lowest BCUT2D eigenvalue weighted by Gasteiger charge is -2.09. The summed E-state index contributed by atoms with van der Waals surface area (Å²) in [4.78, 5) is 14.5. The molecule has 2 aromatic rings. The van der Waals surface area contributed by atoms with E-state index in [1.807, 2.05) is 12.1 Å². The van der Waals surface area contributed by atoms with Crippen LogP contribution >= 0.6 is 0 Å². The average Bonchev–Trinajstić information content (AvgIpc) is 2.47. The highest BCUT2D eigenvalue weighted by atomic mass is 16.5. The molecule has 1 aromatic heterocycles. The summed E-state index contributed by atoms with van der Waals surface area (Å²) in [6.45, 7) is 3.09. The summed E-state index contributed by atoms with van der Waals surface area (Å²) >= 11 is 0. The SMILES string of the molecule is CCCCCCNc1ccc2c(O)c(OC)c(=O)[nH]c2c1. The van der Waals surface area contributed by atoms with E-state index in [4.69, 9.17) is 4.74 Å². The van der Waals surface area contributed by atoms with Gasteiger partial charge < -0.3 is 20.1 Å². The molecular formula is C16H22N2O3. The van der Waals surface area contributed by atoms with E-state index in [0.717, 1.165) is 18.7 Å². The predicted molar refractivity (Wildman–Crippen MR) is 85.4 cm³/mol. The molecule has 0 spiro atoms. The third-order valence-electron chi connectivity index (χ3n) is 3.51. The molecule has 0 unspecified atom stereocenters. The molecule has 0 saturated heterocycles. The molecule has 0 aliphatic carbocycles. The van der Waals surface area contributed by atoms with Gasteiger partial charge in [-0.1, -0.05) is 26.2 Å². The van der Waals surface area contributed by atoms with Crippen molar-refractivity contribution in [2.45, 2.75) is 32.6 Å². The summed E-state index contributed by atoms with van der Waals surface area (Å²) in [6.07, 6.45) is 4.81. The van der Waals surface area contributed by atoms with E-state index >= 15 is 0 Å². The van der Waals surface area contributed by atoms with Crippen LogP contribution in [-0.4, -0.2) is 23.7 Å². The van der Waals surface area contributed by atoms with Crippen LogP contribution in [0.4, 0.5) is 5.69 Å². The summed E-state index contributed by atoms with van der Waals surface area (Å²) in [7, 11) is 1.36. The molecule has 3 N–H and O–H groups in total. The lowest BCUT2D eigenvalue weighted by Crippen LogP contribution is -2.09. The van der Waals surface area contributed by atoms with E-state index in [2.05, 4.69) is 17.2 Å². The van der Waals surface area contributed by atoms with Crippen LogP contribution in [0, 0.1) is 0 Å². The molecule has 0 amide bonds. The molecule has 1 heterocycles. The molecule has 114 valence electrons. The number of fused-ring (bicyclic) bond motifs is 1. The van der Waals surface area contributed by atoms with E-state index in [1.54, 1.807) is 6.07 Å². The molecule has 0 saturated carbocycles. The Morgan fingerprint density at radius 2 is 2.10 bits per heavy atom. The van der Waals surface area contributed by atoms with Crippen molar-refractivity contribution in [2.24, 2.45) is 0 Å². The fourth-order valence-corrected chi connectivity index (χ4v) is 2.35. The summed E-state index contributed by atoms with van der Waals surface area (Å²) in [5.74, 6) is -0.173. The first-order chi connectivity index (χ1) is 10.2. The molecule has 5 heteroatoms. The van der Waals surface area contributed by atoms with Crippen LogP contribution in [0.25, 0.3) is 10.9 Å². The molecule has 0 atom stereocenters. The number of unbranched alkanes of at least 4 members (excludes halogenated alkanes) is 3. The second kappa shape index (κ2) is 7.02. The normalized spacial score (nSPS) is 10.8. The van der Waals surface area contributed by atoms with Crippen molar-refractivity contribution < 1.29 is 9.84 Å². The Balaban J connectivity index is 2.17. The van der Waals surface area contributed by atoms with Crippen LogP contribution in [0.5, 0.6) is 11.5 Å². The van der Waals surface area contributed by atoms with Crippen LogP contribution < -0.4 is 15.6 Å². The van der Waals surface area contributed by atoms with Gasteiger partial charge in [-0.25, -0.2) is 0 Å². The lowest BCUT2D eigenvalue weighted by molar-refractivity contribution is 0.371. The van der Waals surface area contributed by atoms with Crippen molar-refractivity contribution in [2.75, 3.05) is 19.0 Å². The molecule has 21 heavy (non-hydrogen) atoms. The van der Waals surface area contributed by atoms with Crippen molar-refractivity contribution in [3.8, 4) is 11.5 Å². The van der Waals surface area contributed by atoms with Gasteiger partial charge >= 0.3 is 0 Å². The van der Waals surface area contributed by atoms with Gasteiger partial charge in [0.15, 0.2) is 5.75 Å². The van der Waals surface area contributed by atoms with Gasteiger partial charge in [0, 0.05) is 17.6 Å². The Morgan fingerprint density at radius 1 is 1.29 bits per heavy atom. The molecule has 0 bridgehead atoms. The number of methoxy groups -OCH3 is 1. The second-order valence-electron chi connectivity index (χ2n) is 5.08. The number of aromatic amines is 1. The highest BCUT2D eigenvalue weighted by Crippen LogP contribution is 2.30. The second-order valence-corrected chi connectivity index (χ2v) is 5.08. The maximum Gasteiger partial charge on any atom is 0.294 e. The van der Waals surface area contributed by atoms with Crippen LogP contribution in [0.3, 0.4) is 0 Å². The van der Waals surface area contributed by atoms with Crippen molar-refractivity contribution in [1.29, 1.82) is 0 Å². The zero-order valence-electron chi connectivity index (χ0n) is 12.5. The minimum Gasteiger partial charge on any atom is -0.504 e. The van der Waals surface area contributed by atoms with E-state index in [-0.39, 0.29) is 11.5 Å². The van der Waals surface area contributed by atoms with Crippen molar-refractivity contribution in [3.63, 3.8) is 0 Å². The van der Waals surface area contributed by atoms with Gasteiger partial charge in [0.1, 0.15) is 0 Å². The highest BCUT2D eigenvalue weighted by Gasteiger charge is 2.12. The van der Waals surface area contributed by atoms with Gasteiger partial charge in [-0.15, -0.1) is 0 Å². The number of pyridine rings is 1. The van der Waals surface area contributed by atoms with Crippen LogP contribution in [-0.2, 0) is 0 Å². The van der Waals surface area contributed by atoms with Gasteiger partial charge in [0.2, 0.25) is 5.75 Å². The summed E-state index contributed by atoms with van der Waals surface area (Å²) in [6, 6.07) is 5.49. The quantitative estimate of drug-likeness (QED) is 0.684. The lowest BCUT2D eigenvalue weighted by atomic mass is 10.1. The Morgan fingerprint density at radius 3 is 2.81 bits per heavy atom. The number of hydrogen-bond donors (Lipinski definition) is 3. The molecule has 0 radical (unpaired) electrons. The summed E-state index contributed by atoms with van der Waals surface area (Å²) < 4.78 is 4.91. The Hall–Kier alpha value is -2.17. The summed E-state index contributed by atoms with van der Waals surface area (Å²) in [5, 5.41) is 13.9. The number of hydrogen-bond acceptors (Lipinski definition) is 4. The highest BCUT2D eigenvalue weighted by molar-refractivity contribution is 5.89. The molecule has 2 rings (SSSR count). The first-order valence-electron chi connectivity index (χ1n) is 7.34. The molecule has 5 nitrogen and oxygen atoms in total. The zero-order valence-corrected chi connectivity index (χ0v) is 12.5. The molecule has 0 fully saturated rings. The number of benzene rings is 1. The van der Waals surface area contributed by atoms with Crippen molar-refractivity contribution >= 4 is 16.6 Å². The Bertz CT molecular complexity index is 664.